The maximum absolute atomic E-state index is 13.2. The zero-order valence-corrected chi connectivity index (χ0v) is 15.3. The van der Waals surface area contributed by atoms with Crippen LogP contribution in [0.4, 0.5) is 5.69 Å². The molecule has 4 atom stereocenters. The normalized spacial score (nSPS) is 32.2. The van der Waals surface area contributed by atoms with Crippen molar-refractivity contribution in [2.75, 3.05) is 40.4 Å². The minimum atomic E-state index is -1.95. The Morgan fingerprint density at radius 2 is 1.50 bits per heavy atom. The molecule has 0 spiro atoms. The molecule has 2 aliphatic rings. The Labute approximate surface area is 150 Å². The van der Waals surface area contributed by atoms with E-state index in [2.05, 4.69) is 0 Å². The fourth-order valence-corrected chi connectivity index (χ4v) is 4.51. The van der Waals surface area contributed by atoms with Crippen LogP contribution in [0.5, 0.6) is 0 Å². The summed E-state index contributed by atoms with van der Waals surface area (Å²) >= 11 is 0. The number of ketones is 1. The average molecular weight is 363 g/mol. The number of ether oxygens (including phenoxy) is 4. The number of hydrogen-bond acceptors (Lipinski definition) is 8. The highest BCUT2D eigenvalue weighted by molar-refractivity contribution is 6.14. The van der Waals surface area contributed by atoms with Crippen LogP contribution in [0.25, 0.3) is 0 Å². The second kappa shape index (κ2) is 6.07. The number of Topliss-reactive ketones (excluding diaryl/α,β-unsaturated/α-hetero) is 1. The Balaban J connectivity index is 2.30. The van der Waals surface area contributed by atoms with Gasteiger partial charge in [-0.1, -0.05) is 12.1 Å². The van der Waals surface area contributed by atoms with Crippen molar-refractivity contribution in [2.45, 2.75) is 17.2 Å². The van der Waals surface area contributed by atoms with Gasteiger partial charge in [-0.15, -0.1) is 0 Å². The zero-order chi connectivity index (χ0) is 19.3. The number of para-hydroxylation sites is 1. The van der Waals surface area contributed by atoms with Crippen LogP contribution in [-0.4, -0.2) is 70.5 Å². The van der Waals surface area contributed by atoms with E-state index in [-0.39, 0.29) is 5.78 Å². The predicted molar refractivity (Wildman–Crippen MR) is 90.0 cm³/mol. The van der Waals surface area contributed by atoms with E-state index in [1.54, 1.807) is 36.2 Å². The molecule has 2 unspecified atom stereocenters. The van der Waals surface area contributed by atoms with E-state index in [0.29, 0.717) is 11.3 Å². The quantitative estimate of drug-likeness (QED) is 0.712. The number of carbonyl (C=O) groups excluding carboxylic acids is 3. The van der Waals surface area contributed by atoms with Crippen molar-refractivity contribution >= 4 is 23.4 Å². The maximum atomic E-state index is 13.2. The third-order valence-electron chi connectivity index (χ3n) is 5.59. The van der Waals surface area contributed by atoms with Crippen molar-refractivity contribution in [3.8, 4) is 0 Å². The lowest BCUT2D eigenvalue weighted by atomic mass is 9.49. The number of rotatable bonds is 4. The summed E-state index contributed by atoms with van der Waals surface area (Å²) in [5.74, 6) is -2.98. The molecule has 1 heterocycles. The topological polar surface area (TPSA) is 91.4 Å². The Hall–Kier alpha value is -2.45. The molecular formula is C18H21NO7. The van der Waals surface area contributed by atoms with Crippen molar-refractivity contribution in [1.29, 1.82) is 0 Å². The molecule has 0 amide bonds. The fraction of sp³-hybridized carbons (Fsp3) is 0.500. The number of nitrogens with zero attached hydrogens (tertiary/aromatic N) is 1. The maximum Gasteiger partial charge on any atom is 0.344 e. The highest BCUT2D eigenvalue weighted by Crippen LogP contribution is 2.59. The Bertz CT molecular complexity index is 779. The van der Waals surface area contributed by atoms with E-state index in [9.17, 15) is 14.4 Å². The number of benzene rings is 1. The van der Waals surface area contributed by atoms with Crippen LogP contribution in [0.1, 0.15) is 10.4 Å². The van der Waals surface area contributed by atoms with E-state index in [4.69, 9.17) is 18.9 Å². The summed E-state index contributed by atoms with van der Waals surface area (Å²) in [5, 5.41) is 0. The van der Waals surface area contributed by atoms with Gasteiger partial charge in [-0.2, -0.15) is 0 Å². The molecule has 1 saturated carbocycles. The van der Waals surface area contributed by atoms with E-state index >= 15 is 0 Å². The molecule has 140 valence electrons. The molecule has 0 N–H and O–H groups in total. The van der Waals surface area contributed by atoms with Crippen LogP contribution in [0, 0.1) is 5.92 Å². The third kappa shape index (κ3) is 1.78. The second-order valence-electron chi connectivity index (χ2n) is 6.28. The molecule has 1 aliphatic carbocycles. The molecule has 1 fully saturated rings. The molecule has 1 aromatic rings. The minimum absolute atomic E-state index is 0.312. The van der Waals surface area contributed by atoms with Crippen molar-refractivity contribution in [3.63, 3.8) is 0 Å². The van der Waals surface area contributed by atoms with Crippen molar-refractivity contribution < 1.29 is 33.3 Å². The SMILES string of the molecule is COC(=O)[C@@]1(OC)C2C(=O)c3ccccc3N(C)C2[C@@]1(OC)C(=O)OC. The number of likely N-dealkylation sites (N-methyl/N-ethyl adjacent to an activating group) is 1. The van der Waals surface area contributed by atoms with Gasteiger partial charge in [0, 0.05) is 32.5 Å². The van der Waals surface area contributed by atoms with E-state index in [1.807, 2.05) is 0 Å². The van der Waals surface area contributed by atoms with Gasteiger partial charge in [-0.25, -0.2) is 9.59 Å². The van der Waals surface area contributed by atoms with E-state index in [0.717, 1.165) is 0 Å². The lowest BCUT2D eigenvalue weighted by molar-refractivity contribution is -0.280. The number of esters is 2. The van der Waals surface area contributed by atoms with Gasteiger partial charge in [0.1, 0.15) is 0 Å². The molecule has 1 aromatic carbocycles. The molecule has 0 bridgehead atoms. The average Bonchev–Trinajstić information content (AvgIpc) is 2.66. The van der Waals surface area contributed by atoms with Gasteiger partial charge >= 0.3 is 11.9 Å². The first-order valence-electron chi connectivity index (χ1n) is 8.02. The Morgan fingerprint density at radius 1 is 0.962 bits per heavy atom. The first kappa shape index (κ1) is 18.3. The zero-order valence-electron chi connectivity index (χ0n) is 15.3. The smallest absolute Gasteiger partial charge is 0.344 e. The van der Waals surface area contributed by atoms with Crippen LogP contribution in [0.2, 0.25) is 0 Å². The second-order valence-corrected chi connectivity index (χ2v) is 6.28. The largest absolute Gasteiger partial charge is 0.467 e. The van der Waals surface area contributed by atoms with E-state index in [1.165, 1.54) is 28.4 Å². The third-order valence-corrected chi connectivity index (χ3v) is 5.59. The van der Waals surface area contributed by atoms with Crippen molar-refractivity contribution in [2.24, 2.45) is 5.92 Å². The predicted octanol–water partition coefficient (Wildman–Crippen LogP) is 0.434. The molecule has 8 nitrogen and oxygen atoms in total. The Morgan fingerprint density at radius 3 is 2.04 bits per heavy atom. The molecular weight excluding hydrogens is 342 g/mol. The Kier molecular flexibility index (Phi) is 4.28. The molecule has 0 radical (unpaired) electrons. The van der Waals surface area contributed by atoms with Crippen molar-refractivity contribution in [3.05, 3.63) is 29.8 Å². The lowest BCUT2D eigenvalue weighted by Crippen LogP contribution is -2.90. The number of methoxy groups -OCH3 is 4. The highest BCUT2D eigenvalue weighted by atomic mass is 16.6. The summed E-state index contributed by atoms with van der Waals surface area (Å²) in [6.07, 6.45) is 0. The molecule has 0 saturated heterocycles. The van der Waals surface area contributed by atoms with Gasteiger partial charge in [-0.05, 0) is 12.1 Å². The molecule has 0 aromatic heterocycles. The van der Waals surface area contributed by atoms with Gasteiger partial charge in [0.15, 0.2) is 5.78 Å². The number of anilines is 1. The molecule has 1 aliphatic heterocycles. The van der Waals surface area contributed by atoms with Crippen LogP contribution < -0.4 is 4.90 Å². The van der Waals surface area contributed by atoms with Crippen LogP contribution in [-0.2, 0) is 28.5 Å². The molecule has 3 rings (SSSR count). The van der Waals surface area contributed by atoms with Gasteiger partial charge in [0.05, 0.1) is 26.2 Å². The van der Waals surface area contributed by atoms with Crippen LogP contribution in [0.15, 0.2) is 24.3 Å². The summed E-state index contributed by atoms with van der Waals surface area (Å²) < 4.78 is 20.9. The van der Waals surface area contributed by atoms with Crippen LogP contribution in [0.3, 0.4) is 0 Å². The summed E-state index contributed by atoms with van der Waals surface area (Å²) in [4.78, 5) is 40.5. The summed E-state index contributed by atoms with van der Waals surface area (Å²) in [6, 6.07) is 6.18. The van der Waals surface area contributed by atoms with Gasteiger partial charge in [0.2, 0.25) is 11.2 Å². The fourth-order valence-electron chi connectivity index (χ4n) is 4.51. The first-order chi connectivity index (χ1) is 12.4. The minimum Gasteiger partial charge on any atom is -0.467 e. The summed E-state index contributed by atoms with van der Waals surface area (Å²) in [5.41, 5.74) is -2.73. The first-order valence-corrected chi connectivity index (χ1v) is 8.02. The molecule has 26 heavy (non-hydrogen) atoms. The lowest BCUT2D eigenvalue weighted by Gasteiger charge is -2.65. The standard InChI is InChI=1S/C18H21NO7/c1-19-11-9-7-6-8-10(11)13(20)12-14(19)18(26-5,16(22)24-3)17(12,25-4)15(21)23-2/h6-9,12,14H,1-5H3/t12?,14?,17-,18+/m0/s1. The highest BCUT2D eigenvalue weighted by Gasteiger charge is 2.86. The monoisotopic (exact) mass is 363 g/mol. The van der Waals surface area contributed by atoms with E-state index < -0.39 is 35.1 Å². The van der Waals surface area contributed by atoms with Gasteiger partial charge in [0.25, 0.3) is 0 Å². The number of carbonyl (C=O) groups is 3. The summed E-state index contributed by atoms with van der Waals surface area (Å²) in [7, 11) is 6.61. The number of hydrogen-bond donors (Lipinski definition) is 0. The number of fused-ring (bicyclic) bond motifs is 2. The van der Waals surface area contributed by atoms with Gasteiger partial charge in [-0.3, -0.25) is 4.79 Å². The van der Waals surface area contributed by atoms with Crippen LogP contribution >= 0.6 is 0 Å². The summed E-state index contributed by atoms with van der Waals surface area (Å²) in [6.45, 7) is 0. The van der Waals surface area contributed by atoms with Gasteiger partial charge < -0.3 is 23.8 Å². The molecule has 8 heteroatoms. The van der Waals surface area contributed by atoms with Crippen molar-refractivity contribution in [1.82, 2.24) is 0 Å².